The Labute approximate surface area is 104 Å². The maximum absolute atomic E-state index is 8.78. The van der Waals surface area contributed by atoms with Crippen LogP contribution in [0.25, 0.3) is 0 Å². The Balaban J connectivity index is 1.98. The summed E-state index contributed by atoms with van der Waals surface area (Å²) in [6.45, 7) is 5.28. The van der Waals surface area contributed by atoms with Crippen LogP contribution >= 0.6 is 0 Å². The van der Waals surface area contributed by atoms with E-state index in [1.165, 1.54) is 29.7 Å². The molecule has 0 spiro atoms. The van der Waals surface area contributed by atoms with E-state index in [-0.39, 0.29) is 5.41 Å². The molecule has 0 saturated heterocycles. The van der Waals surface area contributed by atoms with Gasteiger partial charge in [0, 0.05) is 24.1 Å². The molecule has 1 aliphatic rings. The second-order valence-electron chi connectivity index (χ2n) is 5.18. The van der Waals surface area contributed by atoms with Gasteiger partial charge in [0.25, 0.3) is 0 Å². The normalized spacial score (nSPS) is 16.3. The van der Waals surface area contributed by atoms with E-state index in [0.717, 1.165) is 13.0 Å². The van der Waals surface area contributed by atoms with Crippen molar-refractivity contribution in [3.8, 4) is 6.07 Å². The molecule has 1 N–H and O–H groups in total. The maximum atomic E-state index is 8.78. The lowest BCUT2D eigenvalue weighted by Gasteiger charge is -2.14. The van der Waals surface area contributed by atoms with Gasteiger partial charge in [-0.05, 0) is 49.4 Å². The van der Waals surface area contributed by atoms with Crippen molar-refractivity contribution in [3.05, 3.63) is 29.3 Å². The number of benzene rings is 1. The number of anilines is 1. The molecule has 2 heteroatoms. The highest BCUT2D eigenvalue weighted by Crippen LogP contribution is 2.48. The van der Waals surface area contributed by atoms with Gasteiger partial charge in [0.1, 0.15) is 0 Å². The van der Waals surface area contributed by atoms with E-state index in [1.54, 1.807) is 0 Å². The second kappa shape index (κ2) is 4.79. The van der Waals surface area contributed by atoms with Crippen LogP contribution in [-0.2, 0) is 6.42 Å². The Bertz CT molecular complexity index is 439. The zero-order valence-corrected chi connectivity index (χ0v) is 10.7. The summed E-state index contributed by atoms with van der Waals surface area (Å²) in [6.07, 6.45) is 4.15. The fourth-order valence-corrected chi connectivity index (χ4v) is 2.21. The van der Waals surface area contributed by atoms with Crippen molar-refractivity contribution in [2.24, 2.45) is 5.41 Å². The van der Waals surface area contributed by atoms with Gasteiger partial charge < -0.3 is 5.32 Å². The summed E-state index contributed by atoms with van der Waals surface area (Å²) in [6, 6.07) is 8.84. The summed E-state index contributed by atoms with van der Waals surface area (Å²) in [5.74, 6) is 0. The molecule has 0 radical (unpaired) electrons. The smallest absolute Gasteiger partial charge is 0.0628 e. The number of nitrogens with one attached hydrogen (secondary N) is 1. The largest absolute Gasteiger partial charge is 0.384 e. The van der Waals surface area contributed by atoms with Crippen molar-refractivity contribution in [3.63, 3.8) is 0 Å². The Kier molecular flexibility index (Phi) is 3.38. The summed E-state index contributed by atoms with van der Waals surface area (Å²) < 4.78 is 0. The third-order valence-corrected chi connectivity index (χ3v) is 3.81. The van der Waals surface area contributed by atoms with E-state index in [2.05, 4.69) is 43.4 Å². The van der Waals surface area contributed by atoms with Gasteiger partial charge in [-0.15, -0.1) is 0 Å². The molecule has 1 saturated carbocycles. The number of nitriles is 1. The highest BCUT2D eigenvalue weighted by molar-refractivity contribution is 5.48. The lowest BCUT2D eigenvalue weighted by Crippen LogP contribution is -2.14. The van der Waals surface area contributed by atoms with Gasteiger partial charge >= 0.3 is 0 Å². The van der Waals surface area contributed by atoms with E-state index in [4.69, 9.17) is 5.26 Å². The average molecular weight is 228 g/mol. The summed E-state index contributed by atoms with van der Waals surface area (Å²) in [5.41, 5.74) is 4.22. The molecule has 1 aromatic carbocycles. The molecule has 0 amide bonds. The molecule has 0 atom stereocenters. The molecule has 0 bridgehead atoms. The molecule has 0 aromatic heterocycles. The summed E-state index contributed by atoms with van der Waals surface area (Å²) in [7, 11) is 0. The first-order valence-corrected chi connectivity index (χ1v) is 6.39. The molecule has 2 rings (SSSR count). The van der Waals surface area contributed by atoms with Gasteiger partial charge in [-0.1, -0.05) is 13.0 Å². The first-order chi connectivity index (χ1) is 8.19. The molecule has 2 nitrogen and oxygen atoms in total. The van der Waals surface area contributed by atoms with Gasteiger partial charge in [-0.25, -0.2) is 0 Å². The van der Waals surface area contributed by atoms with E-state index >= 15 is 0 Å². The Morgan fingerprint density at radius 1 is 1.41 bits per heavy atom. The van der Waals surface area contributed by atoms with E-state index in [0.29, 0.717) is 6.42 Å². The third-order valence-electron chi connectivity index (χ3n) is 3.81. The summed E-state index contributed by atoms with van der Waals surface area (Å²) in [4.78, 5) is 0. The van der Waals surface area contributed by atoms with Gasteiger partial charge in [-0.3, -0.25) is 0 Å². The van der Waals surface area contributed by atoms with Crippen LogP contribution in [0.2, 0.25) is 0 Å². The van der Waals surface area contributed by atoms with Gasteiger partial charge in [0.15, 0.2) is 0 Å². The number of rotatable bonds is 5. The predicted molar refractivity (Wildman–Crippen MR) is 70.9 cm³/mol. The second-order valence-corrected chi connectivity index (χ2v) is 5.18. The highest BCUT2D eigenvalue weighted by atomic mass is 14.9. The Morgan fingerprint density at radius 3 is 2.76 bits per heavy atom. The summed E-state index contributed by atoms with van der Waals surface area (Å²) >= 11 is 0. The molecule has 1 aromatic rings. The van der Waals surface area contributed by atoms with Crippen LogP contribution in [0.4, 0.5) is 5.69 Å². The number of aryl methyl sites for hydroxylation is 2. The highest BCUT2D eigenvalue weighted by Gasteiger charge is 2.42. The van der Waals surface area contributed by atoms with Crippen LogP contribution in [0.1, 0.15) is 37.3 Å². The van der Waals surface area contributed by atoms with Crippen LogP contribution < -0.4 is 5.32 Å². The quantitative estimate of drug-likeness (QED) is 0.834. The van der Waals surface area contributed by atoms with Crippen molar-refractivity contribution in [2.45, 2.75) is 39.5 Å². The maximum Gasteiger partial charge on any atom is 0.0628 e. The Morgan fingerprint density at radius 2 is 2.18 bits per heavy atom. The Hall–Kier alpha value is -1.49. The standard InChI is InChI=1S/C15H20N2/c1-3-13-10-14(5-4-12(13)2)17-11-15(6-7-15)8-9-16/h4-5,10,17H,3,6-8,11H2,1-2H3. The first-order valence-electron chi connectivity index (χ1n) is 6.39. The molecule has 17 heavy (non-hydrogen) atoms. The molecule has 1 aliphatic carbocycles. The van der Waals surface area contributed by atoms with Gasteiger partial charge in [0.2, 0.25) is 0 Å². The molecule has 90 valence electrons. The number of hydrogen-bond acceptors (Lipinski definition) is 2. The molecule has 0 heterocycles. The van der Waals surface area contributed by atoms with Crippen LogP contribution in [0.5, 0.6) is 0 Å². The van der Waals surface area contributed by atoms with Crippen LogP contribution in [0, 0.1) is 23.7 Å². The molecule has 0 aliphatic heterocycles. The first kappa shape index (κ1) is 12.0. The molecule has 0 unspecified atom stereocenters. The van der Waals surface area contributed by atoms with Crippen molar-refractivity contribution < 1.29 is 0 Å². The topological polar surface area (TPSA) is 35.8 Å². The minimum Gasteiger partial charge on any atom is -0.384 e. The number of hydrogen-bond donors (Lipinski definition) is 1. The van der Waals surface area contributed by atoms with Crippen LogP contribution in [0.15, 0.2) is 18.2 Å². The van der Waals surface area contributed by atoms with E-state index in [1.807, 2.05) is 0 Å². The fourth-order valence-electron chi connectivity index (χ4n) is 2.21. The monoisotopic (exact) mass is 228 g/mol. The minimum atomic E-state index is 0.270. The molecular formula is C15H20N2. The van der Waals surface area contributed by atoms with Gasteiger partial charge in [0.05, 0.1) is 6.07 Å². The lowest BCUT2D eigenvalue weighted by molar-refractivity contribution is 0.557. The summed E-state index contributed by atoms with van der Waals surface area (Å²) in [5, 5.41) is 12.3. The van der Waals surface area contributed by atoms with Crippen molar-refractivity contribution in [1.82, 2.24) is 0 Å². The lowest BCUT2D eigenvalue weighted by atomic mass is 10.0. The predicted octanol–water partition coefficient (Wildman–Crippen LogP) is 3.66. The average Bonchev–Trinajstić information content (AvgIpc) is 3.09. The van der Waals surface area contributed by atoms with Crippen LogP contribution in [0.3, 0.4) is 0 Å². The molecular weight excluding hydrogens is 208 g/mol. The van der Waals surface area contributed by atoms with Crippen molar-refractivity contribution in [2.75, 3.05) is 11.9 Å². The van der Waals surface area contributed by atoms with Crippen molar-refractivity contribution in [1.29, 1.82) is 5.26 Å². The zero-order valence-electron chi connectivity index (χ0n) is 10.7. The SMILES string of the molecule is CCc1cc(NCC2(CC#N)CC2)ccc1C. The van der Waals surface area contributed by atoms with E-state index in [9.17, 15) is 0 Å². The van der Waals surface area contributed by atoms with Gasteiger partial charge in [-0.2, -0.15) is 5.26 Å². The number of nitrogens with zero attached hydrogens (tertiary/aromatic N) is 1. The molecule has 1 fully saturated rings. The third kappa shape index (κ3) is 2.79. The zero-order chi connectivity index (χ0) is 12.3. The van der Waals surface area contributed by atoms with Crippen molar-refractivity contribution >= 4 is 5.69 Å². The fraction of sp³-hybridized carbons (Fsp3) is 0.533. The minimum absolute atomic E-state index is 0.270. The van der Waals surface area contributed by atoms with Crippen LogP contribution in [-0.4, -0.2) is 6.54 Å². The van der Waals surface area contributed by atoms with E-state index < -0.39 is 0 Å².